The van der Waals surface area contributed by atoms with Crippen LogP contribution in [0.25, 0.3) is 0 Å². The minimum Gasteiger partial charge on any atom is -0.444 e. The molecular formula is C22H30ClN3O2S. The number of rotatable bonds is 6. The molecule has 2 aromatic heterocycles. The lowest BCUT2D eigenvalue weighted by atomic mass is 9.91. The number of carbonyl (C=O) groups excluding carboxylic acids is 1. The molecule has 0 radical (unpaired) electrons. The van der Waals surface area contributed by atoms with Crippen LogP contribution < -0.4 is 10.2 Å². The number of alkyl carbamates (subject to hydrolysis) is 1. The van der Waals surface area contributed by atoms with Crippen LogP contribution >= 0.6 is 22.9 Å². The highest BCUT2D eigenvalue weighted by atomic mass is 35.5. The fourth-order valence-electron chi connectivity index (χ4n) is 3.79. The number of fused-ring (bicyclic) bond motifs is 1. The Balaban J connectivity index is 1.71. The van der Waals surface area contributed by atoms with Crippen molar-refractivity contribution in [1.29, 1.82) is 0 Å². The molecule has 0 spiro atoms. The summed E-state index contributed by atoms with van der Waals surface area (Å²) in [6.45, 7) is 11.5. The van der Waals surface area contributed by atoms with Gasteiger partial charge in [-0.2, -0.15) is 11.3 Å². The molecule has 7 heteroatoms. The molecule has 0 bridgehead atoms. The van der Waals surface area contributed by atoms with Crippen molar-refractivity contribution in [3.63, 3.8) is 0 Å². The number of carbonyl (C=O) groups is 1. The molecule has 0 aromatic carbocycles. The second-order valence-electron chi connectivity index (χ2n) is 9.16. The van der Waals surface area contributed by atoms with Crippen LogP contribution in [-0.2, 0) is 10.2 Å². The largest absolute Gasteiger partial charge is 0.444 e. The monoisotopic (exact) mass is 435 g/mol. The summed E-state index contributed by atoms with van der Waals surface area (Å²) < 4.78 is 5.32. The number of hydrogen-bond acceptors (Lipinski definition) is 5. The van der Waals surface area contributed by atoms with Crippen molar-refractivity contribution in [1.82, 2.24) is 10.3 Å². The smallest absolute Gasteiger partial charge is 0.407 e. The number of ether oxygens (including phenoxy) is 1. The molecule has 3 heterocycles. The summed E-state index contributed by atoms with van der Waals surface area (Å²) >= 11 is 7.88. The van der Waals surface area contributed by atoms with Gasteiger partial charge >= 0.3 is 6.09 Å². The van der Waals surface area contributed by atoms with Gasteiger partial charge in [0.1, 0.15) is 10.8 Å². The van der Waals surface area contributed by atoms with Gasteiger partial charge < -0.3 is 15.0 Å². The first-order valence-electron chi connectivity index (χ1n) is 9.99. The van der Waals surface area contributed by atoms with Gasteiger partial charge in [0.25, 0.3) is 0 Å². The number of nitrogens with zero attached hydrogens (tertiary/aromatic N) is 2. The van der Waals surface area contributed by atoms with Gasteiger partial charge in [-0.05, 0) is 68.1 Å². The maximum absolute atomic E-state index is 11.9. The van der Waals surface area contributed by atoms with Gasteiger partial charge in [-0.3, -0.25) is 0 Å². The summed E-state index contributed by atoms with van der Waals surface area (Å²) in [5.41, 5.74) is 2.95. The SMILES string of the molecule is CC(C)(C)OC(=O)NCCCC(c1ccsc1)N1CC(C)(C)c2nc(Cl)ccc21. The lowest BCUT2D eigenvalue weighted by Gasteiger charge is -2.31. The van der Waals surface area contributed by atoms with E-state index in [9.17, 15) is 4.79 Å². The number of halogens is 1. The standard InChI is InChI=1S/C22H30ClN3O2S/c1-21(2,3)28-20(27)24-11-6-7-16(15-10-12-29-13-15)26-14-22(4,5)19-17(26)8-9-18(23)25-19/h8-10,12-13,16H,6-7,11,14H2,1-5H3,(H,24,27). The van der Waals surface area contributed by atoms with E-state index in [1.165, 1.54) is 5.56 Å². The maximum atomic E-state index is 11.9. The Bertz CT molecular complexity index is 846. The average Bonchev–Trinajstić information content (AvgIpc) is 3.20. The first-order valence-corrected chi connectivity index (χ1v) is 11.3. The van der Waals surface area contributed by atoms with Crippen LogP contribution in [0.5, 0.6) is 0 Å². The Morgan fingerprint density at radius 2 is 2.14 bits per heavy atom. The molecule has 0 fully saturated rings. The quantitative estimate of drug-likeness (QED) is 0.450. The lowest BCUT2D eigenvalue weighted by Crippen LogP contribution is -2.34. The highest BCUT2D eigenvalue weighted by Crippen LogP contribution is 2.45. The summed E-state index contributed by atoms with van der Waals surface area (Å²) in [6, 6.07) is 6.36. The van der Waals surface area contributed by atoms with Gasteiger partial charge in [0.15, 0.2) is 0 Å². The third-order valence-corrected chi connectivity index (χ3v) is 5.89. The maximum Gasteiger partial charge on any atom is 0.407 e. The van der Waals surface area contributed by atoms with Gasteiger partial charge in [-0.1, -0.05) is 25.4 Å². The molecule has 29 heavy (non-hydrogen) atoms. The highest BCUT2D eigenvalue weighted by Gasteiger charge is 2.40. The summed E-state index contributed by atoms with van der Waals surface area (Å²) in [5, 5.41) is 7.72. The molecular weight excluding hydrogens is 406 g/mol. The number of hydrogen-bond donors (Lipinski definition) is 1. The molecule has 3 rings (SSSR count). The van der Waals surface area contributed by atoms with Crippen molar-refractivity contribution < 1.29 is 9.53 Å². The predicted octanol–water partition coefficient (Wildman–Crippen LogP) is 5.94. The van der Waals surface area contributed by atoms with Crippen molar-refractivity contribution in [3.05, 3.63) is 45.4 Å². The van der Waals surface area contributed by atoms with E-state index in [2.05, 4.69) is 51.9 Å². The molecule has 0 saturated carbocycles. The van der Waals surface area contributed by atoms with E-state index in [1.807, 2.05) is 26.8 Å². The van der Waals surface area contributed by atoms with Crippen LogP contribution in [0.1, 0.15) is 64.8 Å². The van der Waals surface area contributed by atoms with E-state index < -0.39 is 5.60 Å². The summed E-state index contributed by atoms with van der Waals surface area (Å²) in [5.74, 6) is 0. The first kappa shape index (κ1) is 21.9. The van der Waals surface area contributed by atoms with Crippen LogP contribution in [0.2, 0.25) is 5.15 Å². The van der Waals surface area contributed by atoms with E-state index in [0.29, 0.717) is 11.7 Å². The molecule has 1 aliphatic rings. The van der Waals surface area contributed by atoms with Crippen LogP contribution in [0.3, 0.4) is 0 Å². The van der Waals surface area contributed by atoms with Crippen molar-refractivity contribution in [3.8, 4) is 0 Å². The van der Waals surface area contributed by atoms with Crippen LogP contribution in [0.4, 0.5) is 10.5 Å². The molecule has 2 aromatic rings. The summed E-state index contributed by atoms with van der Waals surface area (Å²) in [7, 11) is 0. The molecule has 0 aliphatic carbocycles. The molecule has 1 aliphatic heterocycles. The van der Waals surface area contributed by atoms with Crippen LogP contribution in [0.15, 0.2) is 29.0 Å². The Kier molecular flexibility index (Phi) is 6.44. The van der Waals surface area contributed by atoms with Crippen LogP contribution in [-0.4, -0.2) is 29.8 Å². The van der Waals surface area contributed by atoms with E-state index in [-0.39, 0.29) is 17.6 Å². The van der Waals surface area contributed by atoms with Crippen molar-refractivity contribution in [2.24, 2.45) is 0 Å². The summed E-state index contributed by atoms with van der Waals surface area (Å²) in [4.78, 5) is 19.0. The fraction of sp³-hybridized carbons (Fsp3) is 0.545. The van der Waals surface area contributed by atoms with Crippen LogP contribution in [0, 0.1) is 0 Å². The number of aromatic nitrogens is 1. The Morgan fingerprint density at radius 3 is 2.79 bits per heavy atom. The molecule has 1 unspecified atom stereocenters. The molecule has 5 nitrogen and oxygen atoms in total. The van der Waals surface area contributed by atoms with Gasteiger partial charge in [-0.25, -0.2) is 9.78 Å². The van der Waals surface area contributed by atoms with Crippen molar-refractivity contribution >= 4 is 34.7 Å². The second kappa shape index (κ2) is 8.52. The van der Waals surface area contributed by atoms with Gasteiger partial charge in [-0.15, -0.1) is 0 Å². The minimum absolute atomic E-state index is 0.0662. The Hall–Kier alpha value is -1.79. The minimum atomic E-state index is -0.484. The normalized spacial score (nSPS) is 16.4. The third kappa shape index (κ3) is 5.43. The molecule has 1 atom stereocenters. The van der Waals surface area contributed by atoms with Crippen molar-refractivity contribution in [2.75, 3.05) is 18.0 Å². The molecule has 0 saturated heterocycles. The molecule has 1 amide bonds. The fourth-order valence-corrected chi connectivity index (χ4v) is 4.64. The number of nitrogens with one attached hydrogen (secondary N) is 1. The van der Waals surface area contributed by atoms with E-state index in [0.717, 1.165) is 30.8 Å². The predicted molar refractivity (Wildman–Crippen MR) is 120 cm³/mol. The molecule has 1 N–H and O–H groups in total. The Morgan fingerprint density at radius 1 is 1.38 bits per heavy atom. The topological polar surface area (TPSA) is 54.5 Å². The zero-order chi connectivity index (χ0) is 21.2. The van der Waals surface area contributed by atoms with E-state index in [1.54, 1.807) is 11.3 Å². The molecule has 158 valence electrons. The summed E-state index contributed by atoms with van der Waals surface area (Å²) in [6.07, 6.45) is 1.41. The Labute approximate surface area is 182 Å². The number of amides is 1. The number of anilines is 1. The van der Waals surface area contributed by atoms with E-state index >= 15 is 0 Å². The highest BCUT2D eigenvalue weighted by molar-refractivity contribution is 7.08. The van der Waals surface area contributed by atoms with Gasteiger partial charge in [0.2, 0.25) is 0 Å². The number of pyridine rings is 1. The van der Waals surface area contributed by atoms with E-state index in [4.69, 9.17) is 16.3 Å². The zero-order valence-electron chi connectivity index (χ0n) is 17.8. The lowest BCUT2D eigenvalue weighted by molar-refractivity contribution is 0.0526. The number of thiophene rings is 1. The average molecular weight is 436 g/mol. The first-order chi connectivity index (χ1) is 13.6. The van der Waals surface area contributed by atoms with Crippen molar-refractivity contribution in [2.45, 2.75) is 64.5 Å². The zero-order valence-corrected chi connectivity index (χ0v) is 19.4. The third-order valence-electron chi connectivity index (χ3n) is 4.98. The van der Waals surface area contributed by atoms with Gasteiger partial charge in [0.05, 0.1) is 17.4 Å². The second-order valence-corrected chi connectivity index (χ2v) is 10.3. The van der Waals surface area contributed by atoms with Gasteiger partial charge in [0, 0.05) is 18.5 Å².